The third-order valence-corrected chi connectivity index (χ3v) is 2.70. The van der Waals surface area contributed by atoms with E-state index in [0.29, 0.717) is 0 Å². The average Bonchev–Trinajstić information content (AvgIpc) is 2.05. The Balaban J connectivity index is 0. The van der Waals surface area contributed by atoms with Crippen LogP contribution >= 0.6 is 0 Å². The van der Waals surface area contributed by atoms with Crippen LogP contribution < -0.4 is 0 Å². The van der Waals surface area contributed by atoms with Crippen LogP contribution in [0.3, 0.4) is 0 Å². The van der Waals surface area contributed by atoms with E-state index in [1.54, 1.807) is 0 Å². The van der Waals surface area contributed by atoms with Gasteiger partial charge in [-0.1, -0.05) is 0 Å². The number of sulfonamides is 1. The van der Waals surface area contributed by atoms with Gasteiger partial charge in [-0.3, -0.25) is 0 Å². The predicted molar refractivity (Wildman–Crippen MR) is 49.3 cm³/mol. The molecule has 1 aromatic rings. The van der Waals surface area contributed by atoms with Gasteiger partial charge in [0.25, 0.3) is 0 Å². The van der Waals surface area contributed by atoms with E-state index in [4.69, 9.17) is 0 Å². The predicted octanol–water partition coefficient (Wildman–Crippen LogP) is 1.97. The number of hydrogen-bond donors (Lipinski definition) is 0. The zero-order chi connectivity index (χ0) is 9.19. The first-order valence-corrected chi connectivity index (χ1v) is 4.62. The molecule has 1 radical (unpaired) electrons. The molecule has 1 aromatic carbocycles. The number of rotatable bonds is 2. The van der Waals surface area contributed by atoms with Crippen LogP contribution in [-0.4, -0.2) is 15.5 Å². The van der Waals surface area contributed by atoms with Crippen LogP contribution in [0.2, 0.25) is 0 Å². The molecule has 0 heterocycles. The van der Waals surface area contributed by atoms with Gasteiger partial charge >= 0.3 is 0 Å². The molecular formula is C8H10FNO2SY-2. The van der Waals surface area contributed by atoms with Gasteiger partial charge in [-0.05, 0) is 24.3 Å². The molecule has 0 amide bonds. The second-order valence-electron chi connectivity index (χ2n) is 2.11. The van der Waals surface area contributed by atoms with Gasteiger partial charge in [-0.25, -0.2) is 12.8 Å². The van der Waals surface area contributed by atoms with Gasteiger partial charge in [0.05, 0.1) is 0 Å². The largest absolute Gasteiger partial charge is 0.547 e. The van der Waals surface area contributed by atoms with Gasteiger partial charge in [0, 0.05) is 37.6 Å². The first-order valence-electron chi connectivity index (χ1n) is 3.18. The van der Waals surface area contributed by atoms with E-state index in [1.807, 2.05) is 0 Å². The van der Waals surface area contributed by atoms with Gasteiger partial charge in [0.15, 0.2) is 0 Å². The molecule has 14 heavy (non-hydrogen) atoms. The van der Waals surface area contributed by atoms with Crippen LogP contribution in [0.5, 0.6) is 0 Å². The van der Waals surface area contributed by atoms with Crippen molar-refractivity contribution in [2.24, 2.45) is 0 Å². The van der Waals surface area contributed by atoms with Crippen molar-refractivity contribution in [3.05, 3.63) is 42.2 Å². The summed E-state index contributed by atoms with van der Waals surface area (Å²) >= 11 is 0. The van der Waals surface area contributed by atoms with Gasteiger partial charge in [0.1, 0.15) is 15.8 Å². The summed E-state index contributed by atoms with van der Waals surface area (Å²) in [5.41, 5.74) is 0. The van der Waals surface area contributed by atoms with Crippen LogP contribution in [0.4, 0.5) is 4.39 Å². The van der Waals surface area contributed by atoms with Crippen molar-refractivity contribution in [2.45, 2.75) is 4.90 Å². The molecule has 0 aliphatic heterocycles. The minimum atomic E-state index is -3.56. The topological polar surface area (TPSA) is 48.2 Å². The van der Waals surface area contributed by atoms with Gasteiger partial charge < -0.3 is 12.1 Å². The van der Waals surface area contributed by atoms with Crippen LogP contribution in [0, 0.1) is 13.2 Å². The SMILES string of the molecule is C[N-]S(=O)(=O)c1ccc(F)cc1.[CH3-].[Y]. The summed E-state index contributed by atoms with van der Waals surface area (Å²) in [7, 11) is -2.38. The summed E-state index contributed by atoms with van der Waals surface area (Å²) in [5.74, 6) is -0.468. The monoisotopic (exact) mass is 292 g/mol. The van der Waals surface area contributed by atoms with Crippen molar-refractivity contribution in [3.8, 4) is 0 Å². The van der Waals surface area contributed by atoms with Crippen molar-refractivity contribution in [1.29, 1.82) is 0 Å². The maximum atomic E-state index is 12.4. The van der Waals surface area contributed by atoms with Crippen LogP contribution in [0.1, 0.15) is 0 Å². The Kier molecular flexibility index (Phi) is 7.83. The number of benzene rings is 1. The number of halogens is 1. The van der Waals surface area contributed by atoms with Crippen LogP contribution in [-0.2, 0) is 42.7 Å². The molecule has 0 N–H and O–H groups in total. The minimum absolute atomic E-state index is 0. The van der Waals surface area contributed by atoms with E-state index in [-0.39, 0.29) is 45.0 Å². The molecule has 0 aromatic heterocycles. The standard InChI is InChI=1S/C7H7FNO2S.CH3.Y/c1-9-12(10,11)7-4-2-6(8)3-5-7;;/h2-5H,1H3;1H3;/q2*-1;. The first kappa shape index (κ1) is 16.6. The van der Waals surface area contributed by atoms with Gasteiger partial charge in [0.2, 0.25) is 0 Å². The fraction of sp³-hybridized carbons (Fsp3) is 0.125. The van der Waals surface area contributed by atoms with E-state index >= 15 is 0 Å². The maximum absolute atomic E-state index is 12.4. The first-order chi connectivity index (χ1) is 5.56. The molecule has 77 valence electrons. The smallest absolute Gasteiger partial charge is 0.123 e. The third-order valence-electron chi connectivity index (χ3n) is 1.35. The Morgan fingerprint density at radius 2 is 1.64 bits per heavy atom. The molecular weight excluding hydrogens is 282 g/mol. The Bertz CT molecular complexity index is 363. The molecule has 0 saturated heterocycles. The number of nitrogens with zero attached hydrogens (tertiary/aromatic N) is 1. The van der Waals surface area contributed by atoms with E-state index in [1.165, 1.54) is 19.2 Å². The Labute approximate surface area is 109 Å². The summed E-state index contributed by atoms with van der Waals surface area (Å²) in [4.78, 5) is 0.00593. The summed E-state index contributed by atoms with van der Waals surface area (Å²) < 4.78 is 37.6. The number of hydrogen-bond acceptors (Lipinski definition) is 2. The zero-order valence-electron chi connectivity index (χ0n) is 7.94. The maximum Gasteiger partial charge on any atom is 0.123 e. The Hall–Kier alpha value is 0.164. The molecule has 0 spiro atoms. The molecule has 0 aliphatic rings. The molecule has 0 fully saturated rings. The van der Waals surface area contributed by atoms with Crippen molar-refractivity contribution in [3.63, 3.8) is 0 Å². The van der Waals surface area contributed by atoms with Crippen molar-refractivity contribution < 1.29 is 45.5 Å². The van der Waals surface area contributed by atoms with Gasteiger partial charge in [-0.15, -0.1) is 0 Å². The van der Waals surface area contributed by atoms with Crippen molar-refractivity contribution in [1.82, 2.24) is 0 Å². The fourth-order valence-corrected chi connectivity index (χ4v) is 1.40. The minimum Gasteiger partial charge on any atom is -0.547 e. The molecule has 3 nitrogen and oxygen atoms in total. The second kappa shape index (κ2) is 6.61. The molecule has 0 unspecified atom stereocenters. The second-order valence-corrected chi connectivity index (χ2v) is 3.90. The van der Waals surface area contributed by atoms with E-state index in [2.05, 4.69) is 4.72 Å². The molecule has 0 atom stereocenters. The van der Waals surface area contributed by atoms with Crippen LogP contribution in [0.25, 0.3) is 4.72 Å². The molecule has 1 rings (SSSR count). The summed E-state index contributed by atoms with van der Waals surface area (Å²) in [6.07, 6.45) is 0. The average molecular weight is 292 g/mol. The zero-order valence-corrected chi connectivity index (χ0v) is 11.6. The summed E-state index contributed by atoms with van der Waals surface area (Å²) in [6, 6.07) is 4.52. The summed E-state index contributed by atoms with van der Waals surface area (Å²) in [5, 5.41) is 0. The van der Waals surface area contributed by atoms with Gasteiger partial charge in [-0.2, -0.15) is 7.05 Å². The van der Waals surface area contributed by atoms with Crippen molar-refractivity contribution in [2.75, 3.05) is 7.05 Å². The molecule has 0 bridgehead atoms. The molecule has 6 heteroatoms. The Morgan fingerprint density at radius 3 is 2.00 bits per heavy atom. The van der Waals surface area contributed by atoms with E-state index < -0.39 is 15.8 Å². The van der Waals surface area contributed by atoms with E-state index in [0.717, 1.165) is 12.1 Å². The fourth-order valence-electron chi connectivity index (χ4n) is 0.712. The van der Waals surface area contributed by atoms with Crippen LogP contribution in [0.15, 0.2) is 29.2 Å². The quantitative estimate of drug-likeness (QED) is 0.782. The molecule has 0 saturated carbocycles. The Morgan fingerprint density at radius 1 is 1.21 bits per heavy atom. The summed E-state index contributed by atoms with van der Waals surface area (Å²) in [6.45, 7) is 0. The molecule has 0 aliphatic carbocycles. The van der Waals surface area contributed by atoms with E-state index in [9.17, 15) is 12.8 Å². The third kappa shape index (κ3) is 4.13. The van der Waals surface area contributed by atoms with Crippen molar-refractivity contribution >= 4 is 10.0 Å². The normalized spacial score (nSPS) is 9.86.